The molecule has 2 aromatic rings. The van der Waals surface area contributed by atoms with Crippen molar-refractivity contribution in [3.63, 3.8) is 0 Å². The predicted octanol–water partition coefficient (Wildman–Crippen LogP) is 3.46. The zero-order chi connectivity index (χ0) is 17.3. The maximum atomic E-state index is 12.4. The number of rotatable bonds is 4. The van der Waals surface area contributed by atoms with Gasteiger partial charge in [0.05, 0.1) is 11.7 Å². The Hall–Kier alpha value is -1.69. The molecule has 3 rings (SSSR count). The molecule has 0 N–H and O–H groups in total. The molecule has 6 heteroatoms. The van der Waals surface area contributed by atoms with Gasteiger partial charge in [0.25, 0.3) is 5.56 Å². The molecule has 0 saturated heterocycles. The van der Waals surface area contributed by atoms with Crippen molar-refractivity contribution in [2.45, 2.75) is 52.7 Å². The first-order chi connectivity index (χ1) is 11.5. The van der Waals surface area contributed by atoms with Crippen molar-refractivity contribution in [1.82, 2.24) is 9.55 Å². The molecular weight excluding hydrogens is 324 g/mol. The highest BCUT2D eigenvalue weighted by Gasteiger charge is 2.33. The maximum absolute atomic E-state index is 12.4. The highest BCUT2D eigenvalue weighted by Crippen LogP contribution is 2.35. The quantitative estimate of drug-likeness (QED) is 0.794. The standard InChI is InChI=1S/C18H24N2O3S/c1-11(2)13-5-4-12(3)8-15(13)23-16(21)9-20-10-19-17-14(18(20)22)6-7-24-17/h6-7,10-13,15H,4-5,8-9H2,1-3H3/t12-,13+,15+/m1/s1. The molecule has 1 aliphatic carbocycles. The zero-order valence-corrected chi connectivity index (χ0v) is 15.2. The van der Waals surface area contributed by atoms with Gasteiger partial charge in [-0.1, -0.05) is 27.2 Å². The lowest BCUT2D eigenvalue weighted by Crippen LogP contribution is -2.37. The third-order valence-electron chi connectivity index (χ3n) is 4.99. The summed E-state index contributed by atoms with van der Waals surface area (Å²) in [6.07, 6.45) is 4.58. The summed E-state index contributed by atoms with van der Waals surface area (Å²) >= 11 is 1.42. The monoisotopic (exact) mass is 348 g/mol. The number of carbonyl (C=O) groups excluding carboxylic acids is 1. The average molecular weight is 348 g/mol. The largest absolute Gasteiger partial charge is 0.461 e. The van der Waals surface area contributed by atoms with Crippen molar-refractivity contribution in [3.8, 4) is 0 Å². The van der Waals surface area contributed by atoms with Crippen LogP contribution in [0.25, 0.3) is 10.2 Å². The number of thiophene rings is 1. The Kier molecular flexibility index (Phi) is 5.04. The minimum Gasteiger partial charge on any atom is -0.461 e. The fourth-order valence-electron chi connectivity index (χ4n) is 3.60. The van der Waals surface area contributed by atoms with Crippen LogP contribution in [0, 0.1) is 17.8 Å². The molecule has 0 aromatic carbocycles. The van der Waals surface area contributed by atoms with Crippen LogP contribution < -0.4 is 5.56 Å². The van der Waals surface area contributed by atoms with Gasteiger partial charge in [-0.05, 0) is 42.0 Å². The van der Waals surface area contributed by atoms with Gasteiger partial charge < -0.3 is 4.74 Å². The summed E-state index contributed by atoms with van der Waals surface area (Å²) in [5.41, 5.74) is -0.185. The van der Waals surface area contributed by atoms with Crippen LogP contribution in [-0.2, 0) is 16.1 Å². The van der Waals surface area contributed by atoms with Gasteiger partial charge in [-0.25, -0.2) is 4.98 Å². The summed E-state index contributed by atoms with van der Waals surface area (Å²) in [6.45, 7) is 6.49. The van der Waals surface area contributed by atoms with Gasteiger partial charge in [0.2, 0.25) is 0 Å². The first-order valence-electron chi connectivity index (χ1n) is 8.58. The van der Waals surface area contributed by atoms with E-state index in [1.165, 1.54) is 28.7 Å². The predicted molar refractivity (Wildman–Crippen MR) is 95.1 cm³/mol. The van der Waals surface area contributed by atoms with Crippen LogP contribution in [0.5, 0.6) is 0 Å². The van der Waals surface area contributed by atoms with Gasteiger partial charge in [0.1, 0.15) is 17.5 Å². The molecule has 3 atom stereocenters. The van der Waals surface area contributed by atoms with Crippen LogP contribution in [0.2, 0.25) is 0 Å². The molecule has 0 bridgehead atoms. The molecule has 130 valence electrons. The number of carbonyl (C=O) groups is 1. The van der Waals surface area contributed by atoms with Crippen molar-refractivity contribution in [3.05, 3.63) is 28.1 Å². The molecule has 1 saturated carbocycles. The van der Waals surface area contributed by atoms with E-state index in [-0.39, 0.29) is 24.2 Å². The molecular formula is C18H24N2O3S. The van der Waals surface area contributed by atoms with E-state index < -0.39 is 0 Å². The number of esters is 1. The summed E-state index contributed by atoms with van der Waals surface area (Å²) < 4.78 is 7.11. The molecule has 24 heavy (non-hydrogen) atoms. The Morgan fingerprint density at radius 2 is 2.25 bits per heavy atom. The number of hydrogen-bond donors (Lipinski definition) is 0. The van der Waals surface area contributed by atoms with E-state index in [1.54, 1.807) is 6.07 Å². The van der Waals surface area contributed by atoms with Crippen molar-refractivity contribution in [2.75, 3.05) is 0 Å². The Morgan fingerprint density at radius 1 is 1.46 bits per heavy atom. The molecule has 0 unspecified atom stereocenters. The Balaban J connectivity index is 1.71. The summed E-state index contributed by atoms with van der Waals surface area (Å²) in [4.78, 5) is 29.7. The summed E-state index contributed by atoms with van der Waals surface area (Å²) in [5, 5.41) is 2.39. The molecule has 1 aliphatic rings. The van der Waals surface area contributed by atoms with Gasteiger partial charge in [0.15, 0.2) is 0 Å². The van der Waals surface area contributed by atoms with E-state index >= 15 is 0 Å². The van der Waals surface area contributed by atoms with Crippen molar-refractivity contribution >= 4 is 27.5 Å². The second-order valence-electron chi connectivity index (χ2n) is 7.17. The van der Waals surface area contributed by atoms with Gasteiger partial charge >= 0.3 is 5.97 Å². The van der Waals surface area contributed by atoms with Crippen molar-refractivity contribution in [2.24, 2.45) is 17.8 Å². The Bertz CT molecular complexity index is 780. The molecule has 0 spiro atoms. The smallest absolute Gasteiger partial charge is 0.326 e. The van der Waals surface area contributed by atoms with E-state index in [2.05, 4.69) is 25.8 Å². The van der Waals surface area contributed by atoms with Crippen molar-refractivity contribution in [1.29, 1.82) is 0 Å². The van der Waals surface area contributed by atoms with Crippen LogP contribution >= 0.6 is 11.3 Å². The fourth-order valence-corrected chi connectivity index (χ4v) is 4.32. The molecule has 2 heterocycles. The average Bonchev–Trinajstić information content (AvgIpc) is 2.99. The first kappa shape index (κ1) is 17.1. The number of fused-ring (bicyclic) bond motifs is 1. The summed E-state index contributed by atoms with van der Waals surface area (Å²) in [6, 6.07) is 1.74. The van der Waals surface area contributed by atoms with Crippen LogP contribution in [0.15, 0.2) is 22.6 Å². The normalized spacial score (nSPS) is 24.4. The van der Waals surface area contributed by atoms with Gasteiger partial charge in [-0.3, -0.25) is 14.2 Å². The number of nitrogens with zero attached hydrogens (tertiary/aromatic N) is 2. The van der Waals surface area contributed by atoms with Crippen molar-refractivity contribution < 1.29 is 9.53 Å². The van der Waals surface area contributed by atoms with Crippen LogP contribution in [0.3, 0.4) is 0 Å². The number of hydrogen-bond acceptors (Lipinski definition) is 5. The lowest BCUT2D eigenvalue weighted by atomic mass is 9.75. The van der Waals surface area contributed by atoms with Gasteiger partial charge in [0, 0.05) is 0 Å². The number of aromatic nitrogens is 2. The highest BCUT2D eigenvalue weighted by atomic mass is 32.1. The molecule has 0 aliphatic heterocycles. The minimum absolute atomic E-state index is 0.0465. The van der Waals surface area contributed by atoms with E-state index in [9.17, 15) is 9.59 Å². The molecule has 0 radical (unpaired) electrons. The SMILES string of the molecule is CC(C)[C@@H]1CC[C@@H](C)C[C@@H]1OC(=O)Cn1cnc2sccc2c1=O. The minimum atomic E-state index is -0.349. The number of ether oxygens (including phenoxy) is 1. The van der Waals surface area contributed by atoms with Crippen LogP contribution in [0.4, 0.5) is 0 Å². The molecule has 5 nitrogen and oxygen atoms in total. The van der Waals surface area contributed by atoms with Crippen LogP contribution in [0.1, 0.15) is 40.0 Å². The maximum Gasteiger partial charge on any atom is 0.326 e. The van der Waals surface area contributed by atoms with Crippen LogP contribution in [-0.4, -0.2) is 21.6 Å². The first-order valence-corrected chi connectivity index (χ1v) is 9.45. The van der Waals surface area contributed by atoms with Gasteiger partial charge in [-0.2, -0.15) is 0 Å². The lowest BCUT2D eigenvalue weighted by Gasteiger charge is -2.36. The molecule has 1 fully saturated rings. The fraction of sp³-hybridized carbons (Fsp3) is 0.611. The third-order valence-corrected chi connectivity index (χ3v) is 5.81. The third kappa shape index (κ3) is 3.53. The highest BCUT2D eigenvalue weighted by molar-refractivity contribution is 7.16. The second-order valence-corrected chi connectivity index (χ2v) is 8.07. The van der Waals surface area contributed by atoms with Gasteiger partial charge in [-0.15, -0.1) is 11.3 Å². The van der Waals surface area contributed by atoms with E-state index in [0.717, 1.165) is 12.8 Å². The Labute approximate surface area is 145 Å². The summed E-state index contributed by atoms with van der Waals surface area (Å²) in [5.74, 6) is 1.11. The van der Waals surface area contributed by atoms with E-state index in [1.807, 2.05) is 5.38 Å². The Morgan fingerprint density at radius 3 is 3.00 bits per heavy atom. The summed E-state index contributed by atoms with van der Waals surface area (Å²) in [7, 11) is 0. The van der Waals surface area contributed by atoms with E-state index in [0.29, 0.717) is 28.0 Å². The topological polar surface area (TPSA) is 61.2 Å². The zero-order valence-electron chi connectivity index (χ0n) is 14.4. The second kappa shape index (κ2) is 7.05. The molecule has 2 aromatic heterocycles. The molecule has 0 amide bonds. The lowest BCUT2D eigenvalue weighted by molar-refractivity contribution is -0.156. The van der Waals surface area contributed by atoms with E-state index in [4.69, 9.17) is 4.74 Å².